The van der Waals surface area contributed by atoms with E-state index in [1.165, 1.54) is 0 Å². The predicted molar refractivity (Wildman–Crippen MR) is 92.1 cm³/mol. The van der Waals surface area contributed by atoms with Crippen molar-refractivity contribution in [2.24, 2.45) is 5.73 Å². The second-order valence-electron chi connectivity index (χ2n) is 5.61. The molecule has 2 aromatic carbocycles. The lowest BCUT2D eigenvalue weighted by Crippen LogP contribution is -2.34. The van der Waals surface area contributed by atoms with E-state index in [2.05, 4.69) is 0 Å². The van der Waals surface area contributed by atoms with Gasteiger partial charge in [-0.25, -0.2) is 0 Å². The highest BCUT2D eigenvalue weighted by Gasteiger charge is 2.16. The van der Waals surface area contributed by atoms with E-state index in [1.54, 1.807) is 12.5 Å². The zero-order valence-electron chi connectivity index (χ0n) is 13.2. The topological polar surface area (TPSA) is 65.5 Å². The van der Waals surface area contributed by atoms with Crippen LogP contribution in [0.4, 0.5) is 0 Å². The fraction of sp³-hybridized carbons (Fsp3) is 0.150. The summed E-state index contributed by atoms with van der Waals surface area (Å²) in [6.07, 6.45) is 3.78. The summed E-state index contributed by atoms with van der Waals surface area (Å²) in [6.45, 7) is 0.243. The van der Waals surface area contributed by atoms with Gasteiger partial charge in [-0.1, -0.05) is 54.6 Å². The van der Waals surface area contributed by atoms with Gasteiger partial charge in [0.15, 0.2) is 0 Å². The van der Waals surface area contributed by atoms with Gasteiger partial charge in [0.25, 0.3) is 0 Å². The molecule has 0 bridgehead atoms. The number of carbonyl (C=O) groups is 1. The van der Waals surface area contributed by atoms with Gasteiger partial charge >= 0.3 is 5.97 Å². The number of carbonyl (C=O) groups excluding carboxylic acids is 1. The van der Waals surface area contributed by atoms with E-state index in [1.807, 2.05) is 60.7 Å². The van der Waals surface area contributed by atoms with E-state index in [0.29, 0.717) is 6.42 Å². The van der Waals surface area contributed by atoms with Crippen LogP contribution in [0.25, 0.3) is 11.1 Å². The van der Waals surface area contributed by atoms with Gasteiger partial charge in [0, 0.05) is 5.56 Å². The van der Waals surface area contributed by atoms with Crippen molar-refractivity contribution in [1.29, 1.82) is 0 Å². The maximum Gasteiger partial charge on any atom is 0.323 e. The van der Waals surface area contributed by atoms with Gasteiger partial charge in [0.05, 0.1) is 12.5 Å². The second kappa shape index (κ2) is 7.62. The van der Waals surface area contributed by atoms with Gasteiger partial charge in [-0.15, -0.1) is 0 Å². The Morgan fingerprint density at radius 3 is 2.38 bits per heavy atom. The zero-order chi connectivity index (χ0) is 16.8. The summed E-state index contributed by atoms with van der Waals surface area (Å²) in [5, 5.41) is 0. The highest BCUT2D eigenvalue weighted by Crippen LogP contribution is 2.20. The molecule has 0 fully saturated rings. The first-order chi connectivity index (χ1) is 11.7. The van der Waals surface area contributed by atoms with E-state index in [9.17, 15) is 4.79 Å². The van der Waals surface area contributed by atoms with E-state index < -0.39 is 12.0 Å². The SMILES string of the molecule is N[C@@H](Cc1ccc(-c2ccoc2)cc1)C(=O)OCc1ccccc1. The van der Waals surface area contributed by atoms with Crippen LogP contribution in [0.15, 0.2) is 77.6 Å². The van der Waals surface area contributed by atoms with Crippen molar-refractivity contribution in [1.82, 2.24) is 0 Å². The quantitative estimate of drug-likeness (QED) is 0.705. The van der Waals surface area contributed by atoms with Crippen molar-refractivity contribution in [2.45, 2.75) is 19.1 Å². The smallest absolute Gasteiger partial charge is 0.323 e. The third kappa shape index (κ3) is 4.12. The molecule has 0 spiro atoms. The average molecular weight is 321 g/mol. The maximum atomic E-state index is 12.0. The number of ether oxygens (including phenoxy) is 1. The van der Waals surface area contributed by atoms with Crippen molar-refractivity contribution in [3.8, 4) is 11.1 Å². The van der Waals surface area contributed by atoms with E-state index in [0.717, 1.165) is 22.3 Å². The molecule has 24 heavy (non-hydrogen) atoms. The van der Waals surface area contributed by atoms with Crippen LogP contribution < -0.4 is 5.73 Å². The lowest BCUT2D eigenvalue weighted by molar-refractivity contribution is -0.146. The summed E-state index contributed by atoms with van der Waals surface area (Å²) >= 11 is 0. The van der Waals surface area contributed by atoms with Gasteiger partial charge in [-0.3, -0.25) is 4.79 Å². The minimum Gasteiger partial charge on any atom is -0.472 e. The molecule has 1 aromatic heterocycles. The summed E-state index contributed by atoms with van der Waals surface area (Å²) in [6, 6.07) is 18.7. The lowest BCUT2D eigenvalue weighted by atomic mass is 10.0. The van der Waals surface area contributed by atoms with Crippen molar-refractivity contribution in [2.75, 3.05) is 0 Å². The standard InChI is InChI=1S/C20H19NO3/c21-19(20(22)24-13-16-4-2-1-3-5-16)12-15-6-8-17(9-7-15)18-10-11-23-14-18/h1-11,14,19H,12-13,21H2/t19-/m0/s1. The fourth-order valence-corrected chi connectivity index (χ4v) is 2.44. The summed E-state index contributed by atoms with van der Waals surface area (Å²) in [5.41, 5.74) is 9.98. The van der Waals surface area contributed by atoms with Crippen LogP contribution in [0.1, 0.15) is 11.1 Å². The maximum absolute atomic E-state index is 12.0. The van der Waals surface area contributed by atoms with Crippen LogP contribution >= 0.6 is 0 Å². The van der Waals surface area contributed by atoms with E-state index in [4.69, 9.17) is 14.9 Å². The number of rotatable bonds is 6. The molecule has 122 valence electrons. The Labute approximate surface area is 140 Å². The number of hydrogen-bond acceptors (Lipinski definition) is 4. The number of nitrogens with two attached hydrogens (primary N) is 1. The molecule has 0 aliphatic rings. The molecular formula is C20H19NO3. The Balaban J connectivity index is 1.54. The van der Waals surface area contributed by atoms with Crippen molar-refractivity contribution >= 4 is 5.97 Å². The third-order valence-corrected chi connectivity index (χ3v) is 3.79. The third-order valence-electron chi connectivity index (χ3n) is 3.79. The van der Waals surface area contributed by atoms with Crippen LogP contribution in [0.3, 0.4) is 0 Å². The van der Waals surface area contributed by atoms with Crippen molar-refractivity contribution in [3.05, 3.63) is 84.3 Å². The number of furan rings is 1. The normalized spacial score (nSPS) is 11.9. The largest absolute Gasteiger partial charge is 0.472 e. The number of hydrogen-bond donors (Lipinski definition) is 1. The van der Waals surface area contributed by atoms with Crippen molar-refractivity contribution in [3.63, 3.8) is 0 Å². The molecule has 1 heterocycles. The first kappa shape index (κ1) is 16.0. The average Bonchev–Trinajstić information content (AvgIpc) is 3.16. The number of esters is 1. The van der Waals surface area contributed by atoms with Gasteiger partial charge in [-0.05, 0) is 29.2 Å². The van der Waals surface area contributed by atoms with Crippen LogP contribution in [0.5, 0.6) is 0 Å². The second-order valence-corrected chi connectivity index (χ2v) is 5.61. The summed E-state index contributed by atoms with van der Waals surface area (Å²) in [7, 11) is 0. The molecule has 0 aliphatic carbocycles. The molecule has 0 saturated heterocycles. The first-order valence-corrected chi connectivity index (χ1v) is 7.80. The molecule has 2 N–H and O–H groups in total. The molecule has 0 saturated carbocycles. The highest BCUT2D eigenvalue weighted by atomic mass is 16.5. The lowest BCUT2D eigenvalue weighted by Gasteiger charge is -2.12. The van der Waals surface area contributed by atoms with Crippen molar-refractivity contribution < 1.29 is 13.9 Å². The molecule has 3 rings (SSSR count). The van der Waals surface area contributed by atoms with Crippen LogP contribution in [0, 0.1) is 0 Å². The minimum absolute atomic E-state index is 0.243. The van der Waals surface area contributed by atoms with Gasteiger partial charge in [0.1, 0.15) is 12.6 Å². The highest BCUT2D eigenvalue weighted by molar-refractivity contribution is 5.76. The van der Waals surface area contributed by atoms with E-state index in [-0.39, 0.29) is 6.61 Å². The van der Waals surface area contributed by atoms with E-state index >= 15 is 0 Å². The van der Waals surface area contributed by atoms with Gasteiger partial charge < -0.3 is 14.9 Å². The monoisotopic (exact) mass is 321 g/mol. The molecule has 4 nitrogen and oxygen atoms in total. The molecule has 3 aromatic rings. The molecule has 0 unspecified atom stereocenters. The summed E-state index contributed by atoms with van der Waals surface area (Å²) in [5.74, 6) is -0.391. The van der Waals surface area contributed by atoms with Gasteiger partial charge in [0.2, 0.25) is 0 Å². The Bertz CT molecular complexity index is 764. The molecule has 1 atom stereocenters. The first-order valence-electron chi connectivity index (χ1n) is 7.80. The number of benzene rings is 2. The molecule has 0 amide bonds. The zero-order valence-corrected chi connectivity index (χ0v) is 13.2. The van der Waals surface area contributed by atoms with Crippen LogP contribution in [0.2, 0.25) is 0 Å². The summed E-state index contributed by atoms with van der Waals surface area (Å²) in [4.78, 5) is 12.0. The van der Waals surface area contributed by atoms with Crippen LogP contribution in [-0.2, 0) is 22.6 Å². The Kier molecular flexibility index (Phi) is 5.08. The Hall–Kier alpha value is -2.85. The minimum atomic E-state index is -0.673. The molecular weight excluding hydrogens is 302 g/mol. The molecule has 4 heteroatoms. The Morgan fingerprint density at radius 1 is 0.958 bits per heavy atom. The molecule has 0 aliphatic heterocycles. The predicted octanol–water partition coefficient (Wildman–Crippen LogP) is 3.56. The van der Waals surface area contributed by atoms with Gasteiger partial charge in [-0.2, -0.15) is 0 Å². The molecule has 0 radical (unpaired) electrons. The van der Waals surface area contributed by atoms with Crippen LogP contribution in [-0.4, -0.2) is 12.0 Å². The fourth-order valence-electron chi connectivity index (χ4n) is 2.44. The summed E-state index contributed by atoms with van der Waals surface area (Å²) < 4.78 is 10.3. The Morgan fingerprint density at radius 2 is 1.71 bits per heavy atom.